The molecule has 7 nitrogen and oxygen atoms in total. The molecule has 2 aliphatic heterocycles. The summed E-state index contributed by atoms with van der Waals surface area (Å²) in [5.74, 6) is 0.725. The Morgan fingerprint density at radius 1 is 1.07 bits per heavy atom. The van der Waals surface area contributed by atoms with Crippen LogP contribution < -0.4 is 9.47 Å². The van der Waals surface area contributed by atoms with E-state index in [1.807, 2.05) is 0 Å². The normalized spacial score (nSPS) is 19.1. The maximum absolute atomic E-state index is 13.0. The fourth-order valence-corrected chi connectivity index (χ4v) is 4.80. The van der Waals surface area contributed by atoms with E-state index >= 15 is 0 Å². The van der Waals surface area contributed by atoms with Crippen LogP contribution in [0.5, 0.6) is 11.5 Å². The van der Waals surface area contributed by atoms with Crippen molar-refractivity contribution < 1.29 is 27.8 Å². The first kappa shape index (κ1) is 17.6. The number of allylic oxidation sites excluding steroid dienone is 1. The van der Waals surface area contributed by atoms with Gasteiger partial charge in [-0.15, -0.1) is 0 Å². The number of hydrogen-bond acceptors (Lipinski definition) is 6. The highest BCUT2D eigenvalue weighted by Crippen LogP contribution is 2.35. The Hall–Kier alpha value is -2.84. The highest BCUT2D eigenvalue weighted by atomic mass is 32.2. The molecule has 0 aromatic heterocycles. The topological polar surface area (TPSA) is 93.1 Å². The van der Waals surface area contributed by atoms with Gasteiger partial charge in [0.15, 0.2) is 11.5 Å². The molecule has 0 bridgehead atoms. The lowest BCUT2D eigenvalue weighted by Crippen LogP contribution is -2.40. The molecule has 4 rings (SSSR count). The number of aliphatic hydroxyl groups is 1. The Morgan fingerprint density at radius 3 is 2.59 bits per heavy atom. The fourth-order valence-electron chi connectivity index (χ4n) is 3.16. The molecule has 2 aromatic rings. The van der Waals surface area contributed by atoms with E-state index < -0.39 is 22.4 Å². The summed E-state index contributed by atoms with van der Waals surface area (Å²) < 4.78 is 37.9. The van der Waals surface area contributed by atoms with E-state index in [9.17, 15) is 18.3 Å². The van der Waals surface area contributed by atoms with E-state index in [1.54, 1.807) is 30.3 Å². The molecule has 8 heteroatoms. The Labute approximate surface area is 156 Å². The summed E-state index contributed by atoms with van der Waals surface area (Å²) in [6.07, 6.45) is 1.49. The van der Waals surface area contributed by atoms with Crippen molar-refractivity contribution in [3.8, 4) is 11.5 Å². The molecule has 2 aliphatic rings. The lowest BCUT2D eigenvalue weighted by Gasteiger charge is -2.30. The molecule has 0 saturated heterocycles. The number of ketones is 1. The van der Waals surface area contributed by atoms with Gasteiger partial charge in [0.1, 0.15) is 18.9 Å². The van der Waals surface area contributed by atoms with Gasteiger partial charge in [-0.3, -0.25) is 9.10 Å². The average Bonchev–Trinajstić information content (AvgIpc) is 2.69. The van der Waals surface area contributed by atoms with Crippen LogP contribution >= 0.6 is 0 Å². The summed E-state index contributed by atoms with van der Waals surface area (Å²) in [6.45, 7) is 0.265. The molecule has 0 aliphatic carbocycles. The highest BCUT2D eigenvalue weighted by molar-refractivity contribution is 7.89. The lowest BCUT2D eigenvalue weighted by molar-refractivity contribution is 0.0998. The zero-order chi connectivity index (χ0) is 19.0. The SMILES string of the molecule is O=C1/C(=C\c2ccc3c(c2)OCCO3)N(CCO)S(=O)(=O)c2ccccc21. The van der Waals surface area contributed by atoms with Gasteiger partial charge in [-0.2, -0.15) is 0 Å². The molecule has 0 saturated carbocycles. The Morgan fingerprint density at radius 2 is 1.81 bits per heavy atom. The van der Waals surface area contributed by atoms with Gasteiger partial charge < -0.3 is 14.6 Å². The third-order valence-electron chi connectivity index (χ3n) is 4.37. The van der Waals surface area contributed by atoms with Crippen molar-refractivity contribution in [2.24, 2.45) is 0 Å². The average molecular weight is 387 g/mol. The lowest BCUT2D eigenvalue weighted by atomic mass is 10.0. The first-order chi connectivity index (χ1) is 13.0. The van der Waals surface area contributed by atoms with Crippen LogP contribution in [-0.4, -0.2) is 50.0 Å². The van der Waals surface area contributed by atoms with Crippen molar-refractivity contribution in [1.29, 1.82) is 0 Å². The van der Waals surface area contributed by atoms with Crippen molar-refractivity contribution in [2.45, 2.75) is 4.90 Å². The monoisotopic (exact) mass is 387 g/mol. The standard InChI is InChI=1S/C19H17NO6S/c21-8-7-20-15(11-13-5-6-16-17(12-13)26-10-9-25-16)19(22)14-3-1-2-4-18(14)27(20,23)24/h1-6,11-12,21H,7-10H2/b15-11+. The zero-order valence-electron chi connectivity index (χ0n) is 14.3. The maximum Gasteiger partial charge on any atom is 0.265 e. The van der Waals surface area contributed by atoms with Crippen molar-refractivity contribution >= 4 is 21.9 Å². The van der Waals surface area contributed by atoms with E-state index in [0.29, 0.717) is 30.3 Å². The number of benzene rings is 2. The minimum atomic E-state index is -3.94. The van der Waals surface area contributed by atoms with Crippen molar-refractivity contribution in [1.82, 2.24) is 4.31 Å². The first-order valence-corrected chi connectivity index (χ1v) is 9.85. The summed E-state index contributed by atoms with van der Waals surface area (Å²) in [4.78, 5) is 12.9. The molecule has 2 aromatic carbocycles. The smallest absolute Gasteiger partial charge is 0.265 e. The number of rotatable bonds is 3. The molecule has 0 amide bonds. The molecule has 0 radical (unpaired) electrons. The molecule has 0 unspecified atom stereocenters. The van der Waals surface area contributed by atoms with Crippen LogP contribution in [0, 0.1) is 0 Å². The molecule has 27 heavy (non-hydrogen) atoms. The van der Waals surface area contributed by atoms with E-state index in [2.05, 4.69) is 0 Å². The Balaban J connectivity index is 1.85. The molecular formula is C19H17NO6S. The minimum Gasteiger partial charge on any atom is -0.486 e. The number of carbonyl (C=O) groups excluding carboxylic acids is 1. The van der Waals surface area contributed by atoms with Crippen LogP contribution in [0.3, 0.4) is 0 Å². The highest BCUT2D eigenvalue weighted by Gasteiger charge is 2.38. The van der Waals surface area contributed by atoms with Crippen LogP contribution in [0.25, 0.3) is 6.08 Å². The molecule has 2 heterocycles. The predicted octanol–water partition coefficient (Wildman–Crippen LogP) is 1.68. The number of carbonyl (C=O) groups is 1. The van der Waals surface area contributed by atoms with Gasteiger partial charge in [0.25, 0.3) is 10.0 Å². The van der Waals surface area contributed by atoms with Gasteiger partial charge in [0.05, 0.1) is 18.0 Å². The van der Waals surface area contributed by atoms with E-state index in [4.69, 9.17) is 9.47 Å². The predicted molar refractivity (Wildman–Crippen MR) is 97.2 cm³/mol. The van der Waals surface area contributed by atoms with E-state index in [1.165, 1.54) is 18.2 Å². The summed E-state index contributed by atoms with van der Waals surface area (Å²) in [5.41, 5.74) is 0.704. The van der Waals surface area contributed by atoms with Gasteiger partial charge in [0.2, 0.25) is 5.78 Å². The van der Waals surface area contributed by atoms with E-state index in [-0.39, 0.29) is 22.7 Å². The van der Waals surface area contributed by atoms with Gasteiger partial charge in [-0.25, -0.2) is 8.42 Å². The number of hydrogen-bond donors (Lipinski definition) is 1. The summed E-state index contributed by atoms with van der Waals surface area (Å²) in [7, 11) is -3.94. The van der Waals surface area contributed by atoms with Gasteiger partial charge in [-0.1, -0.05) is 18.2 Å². The summed E-state index contributed by atoms with van der Waals surface area (Å²) in [6, 6.07) is 11.2. The van der Waals surface area contributed by atoms with Crippen LogP contribution in [0.2, 0.25) is 0 Å². The second kappa shape index (κ2) is 6.71. The Kier molecular flexibility index (Phi) is 4.37. The molecule has 0 fully saturated rings. The largest absolute Gasteiger partial charge is 0.486 e. The van der Waals surface area contributed by atoms with Crippen molar-refractivity contribution in [3.63, 3.8) is 0 Å². The number of β-amino-alcohol motifs (C(OH)–C–C–N with tert-alkyl or cyclic N) is 1. The second-order valence-corrected chi connectivity index (χ2v) is 7.89. The third-order valence-corrected chi connectivity index (χ3v) is 6.25. The molecule has 1 N–H and O–H groups in total. The maximum atomic E-state index is 13.0. The number of fused-ring (bicyclic) bond motifs is 2. The Bertz CT molecular complexity index is 1040. The van der Waals surface area contributed by atoms with Gasteiger partial charge >= 0.3 is 0 Å². The number of aliphatic hydroxyl groups excluding tert-OH is 1. The summed E-state index contributed by atoms with van der Waals surface area (Å²) in [5, 5.41) is 9.35. The minimum absolute atomic E-state index is 0.0144. The second-order valence-electron chi connectivity index (χ2n) is 6.06. The number of sulfonamides is 1. The first-order valence-electron chi connectivity index (χ1n) is 8.41. The quantitative estimate of drug-likeness (QED) is 0.806. The number of Topliss-reactive ketones (excluding diaryl/α,β-unsaturated/α-hetero) is 1. The van der Waals surface area contributed by atoms with Crippen molar-refractivity contribution in [2.75, 3.05) is 26.4 Å². The molecule has 0 atom stereocenters. The zero-order valence-corrected chi connectivity index (χ0v) is 15.1. The van der Waals surface area contributed by atoms with Crippen LogP contribution in [0.15, 0.2) is 53.1 Å². The van der Waals surface area contributed by atoms with Crippen LogP contribution in [0.4, 0.5) is 0 Å². The molecular weight excluding hydrogens is 370 g/mol. The van der Waals surface area contributed by atoms with Crippen molar-refractivity contribution in [3.05, 3.63) is 59.3 Å². The van der Waals surface area contributed by atoms with Gasteiger partial charge in [0, 0.05) is 5.56 Å². The van der Waals surface area contributed by atoms with E-state index in [0.717, 1.165) is 4.31 Å². The number of nitrogens with zero attached hydrogens (tertiary/aromatic N) is 1. The fraction of sp³-hybridized carbons (Fsp3) is 0.211. The van der Waals surface area contributed by atoms with Gasteiger partial charge in [-0.05, 0) is 35.9 Å². The number of ether oxygens (including phenoxy) is 2. The molecule has 140 valence electrons. The molecule has 0 spiro atoms. The summed E-state index contributed by atoms with van der Waals surface area (Å²) >= 11 is 0. The third kappa shape index (κ3) is 2.96. The van der Waals surface area contributed by atoms with Crippen LogP contribution in [-0.2, 0) is 10.0 Å². The van der Waals surface area contributed by atoms with Crippen LogP contribution in [0.1, 0.15) is 15.9 Å².